The normalized spacial score (nSPS) is 34.9. The summed E-state index contributed by atoms with van der Waals surface area (Å²) >= 11 is 16.4. The zero-order valence-corrected chi connectivity index (χ0v) is 23.2. The van der Waals surface area contributed by atoms with Crippen molar-refractivity contribution in [3.05, 3.63) is 69.3 Å². The van der Waals surface area contributed by atoms with Crippen LogP contribution in [0.1, 0.15) is 24.3 Å². The summed E-state index contributed by atoms with van der Waals surface area (Å²) in [6.45, 7) is 0. The smallest absolute Gasteiger partial charge is 0.253 e. The fraction of sp³-hybridized carbons (Fsp3) is 0.333. The van der Waals surface area contributed by atoms with Gasteiger partial charge in [0, 0.05) is 16.5 Å². The fourth-order valence-corrected chi connectivity index (χ4v) is 8.05. The number of aromatic hydroxyl groups is 1. The number of alkyl halides is 2. The van der Waals surface area contributed by atoms with Crippen LogP contribution in [0.4, 0.5) is 5.69 Å². The molecule has 190 valence electrons. The van der Waals surface area contributed by atoms with Crippen molar-refractivity contribution in [3.63, 3.8) is 0 Å². The van der Waals surface area contributed by atoms with Crippen molar-refractivity contribution in [1.82, 2.24) is 4.90 Å². The highest BCUT2D eigenvalue weighted by Gasteiger charge is 2.75. The third-order valence-corrected chi connectivity index (χ3v) is 10.4. The fourth-order valence-electron chi connectivity index (χ4n) is 6.67. The van der Waals surface area contributed by atoms with E-state index in [1.54, 1.807) is 24.3 Å². The highest BCUT2D eigenvalue weighted by molar-refractivity contribution is 14.1. The second kappa shape index (κ2) is 8.28. The summed E-state index contributed by atoms with van der Waals surface area (Å²) < 4.78 is 0.971. The number of fused-ring (bicyclic) bond motifs is 4. The van der Waals surface area contributed by atoms with Gasteiger partial charge in [0.25, 0.3) is 11.8 Å². The number of amides is 4. The number of phenolic OH excluding ortho intramolecular Hbond substituents is 1. The Labute approximate surface area is 236 Å². The highest BCUT2D eigenvalue weighted by atomic mass is 127. The Morgan fingerprint density at radius 2 is 1.68 bits per heavy atom. The van der Waals surface area contributed by atoms with Gasteiger partial charge in [-0.25, -0.2) is 0 Å². The number of phenols is 1. The number of allylic oxidation sites excluding steroid dienone is 2. The van der Waals surface area contributed by atoms with E-state index in [0.717, 1.165) is 8.47 Å². The van der Waals surface area contributed by atoms with Gasteiger partial charge in [-0.05, 0) is 83.3 Å². The van der Waals surface area contributed by atoms with Crippen LogP contribution in [0.5, 0.6) is 5.75 Å². The van der Waals surface area contributed by atoms with Gasteiger partial charge >= 0.3 is 0 Å². The summed E-state index contributed by atoms with van der Waals surface area (Å²) in [6, 6.07) is 13.5. The maximum absolute atomic E-state index is 13.9. The molecular formula is C27H21Cl2IN2O5. The third kappa shape index (κ3) is 3.18. The lowest BCUT2D eigenvalue weighted by Gasteiger charge is -2.50. The minimum absolute atomic E-state index is 0.0310. The summed E-state index contributed by atoms with van der Waals surface area (Å²) in [4.78, 5) is 52.8. The molecule has 0 aromatic heterocycles. The number of hydrogen-bond acceptors (Lipinski definition) is 5. The molecule has 10 heteroatoms. The Hall–Kier alpha value is -2.43. The van der Waals surface area contributed by atoms with E-state index in [1.807, 2.05) is 18.2 Å². The number of carbonyl (C=O) groups excluding carboxylic acids is 4. The van der Waals surface area contributed by atoms with Crippen molar-refractivity contribution in [2.45, 2.75) is 28.5 Å². The number of likely N-dealkylation sites (tertiary alicyclic amines) is 1. The molecule has 2 saturated heterocycles. The molecule has 2 aromatic carbocycles. The van der Waals surface area contributed by atoms with Crippen LogP contribution in [-0.2, 0) is 19.2 Å². The monoisotopic (exact) mass is 650 g/mol. The summed E-state index contributed by atoms with van der Waals surface area (Å²) in [6.07, 6.45) is 2.10. The SMILES string of the molecule is CN1C(=O)C2(Cl)CC3C(=CCC4C(=O)N(c5ccc(I)cc5)C(=O)C43)C(c3cccc(O)c3)C2(Cl)C1=O. The van der Waals surface area contributed by atoms with E-state index in [9.17, 15) is 24.3 Å². The zero-order valence-electron chi connectivity index (χ0n) is 19.5. The van der Waals surface area contributed by atoms with Crippen LogP contribution in [0.15, 0.2) is 60.2 Å². The Balaban J connectivity index is 1.51. The van der Waals surface area contributed by atoms with Crippen molar-refractivity contribution < 1.29 is 24.3 Å². The lowest BCUT2D eigenvalue weighted by Crippen LogP contribution is -2.60. The molecule has 6 atom stereocenters. The van der Waals surface area contributed by atoms with E-state index in [-0.39, 0.29) is 30.4 Å². The van der Waals surface area contributed by atoms with Gasteiger partial charge in [-0.1, -0.05) is 23.8 Å². The number of halogens is 3. The number of carbonyl (C=O) groups is 4. The number of imide groups is 2. The first kappa shape index (κ1) is 24.9. The first-order valence-corrected chi connectivity index (χ1v) is 13.7. The van der Waals surface area contributed by atoms with Crippen molar-refractivity contribution in [3.8, 4) is 5.75 Å². The molecule has 6 rings (SSSR count). The Bertz CT molecular complexity index is 1430. The molecule has 0 bridgehead atoms. The average Bonchev–Trinajstić information content (AvgIpc) is 3.19. The first-order valence-electron chi connectivity index (χ1n) is 11.8. The molecule has 0 radical (unpaired) electrons. The Morgan fingerprint density at radius 1 is 0.973 bits per heavy atom. The zero-order chi connectivity index (χ0) is 26.4. The van der Waals surface area contributed by atoms with Crippen LogP contribution in [0.2, 0.25) is 0 Å². The molecule has 3 fully saturated rings. The minimum Gasteiger partial charge on any atom is -0.508 e. The predicted octanol–water partition coefficient (Wildman–Crippen LogP) is 4.19. The molecule has 6 unspecified atom stereocenters. The third-order valence-electron chi connectivity index (χ3n) is 8.30. The Kier molecular flexibility index (Phi) is 5.57. The average molecular weight is 651 g/mol. The lowest BCUT2D eigenvalue weighted by atomic mass is 9.56. The van der Waals surface area contributed by atoms with Crippen LogP contribution in [0, 0.1) is 21.3 Å². The van der Waals surface area contributed by atoms with Gasteiger partial charge < -0.3 is 5.11 Å². The molecule has 0 spiro atoms. The highest BCUT2D eigenvalue weighted by Crippen LogP contribution is 2.65. The largest absolute Gasteiger partial charge is 0.508 e. The molecule has 2 aliphatic heterocycles. The molecule has 4 aliphatic rings. The van der Waals surface area contributed by atoms with E-state index >= 15 is 0 Å². The number of nitrogens with zero attached hydrogens (tertiary/aromatic N) is 2. The second-order valence-corrected chi connectivity index (χ2v) is 12.6. The van der Waals surface area contributed by atoms with Gasteiger partial charge in [0.15, 0.2) is 9.75 Å². The second-order valence-electron chi connectivity index (χ2n) is 10.1. The van der Waals surface area contributed by atoms with Gasteiger partial charge in [0.05, 0.1) is 17.5 Å². The van der Waals surface area contributed by atoms with E-state index < -0.39 is 45.2 Å². The Morgan fingerprint density at radius 3 is 2.35 bits per heavy atom. The molecule has 2 aliphatic carbocycles. The van der Waals surface area contributed by atoms with Gasteiger partial charge in [0.1, 0.15) is 5.75 Å². The number of benzene rings is 2. The summed E-state index contributed by atoms with van der Waals surface area (Å²) in [5.41, 5.74) is 1.70. The van der Waals surface area contributed by atoms with Gasteiger partial charge in [-0.15, -0.1) is 23.2 Å². The first-order chi connectivity index (χ1) is 17.5. The molecule has 1 saturated carbocycles. The molecule has 4 amide bonds. The summed E-state index contributed by atoms with van der Waals surface area (Å²) in [5, 5.41) is 10.2. The van der Waals surface area contributed by atoms with E-state index in [4.69, 9.17) is 23.2 Å². The molecule has 2 aromatic rings. The van der Waals surface area contributed by atoms with E-state index in [0.29, 0.717) is 16.8 Å². The standard InChI is InChI=1S/C27H21Cl2IN2O5/c1-31-24(36)26(28)12-19-17(21(27(26,29)25(31)37)13-3-2-4-16(33)11-13)9-10-18-20(19)23(35)32(22(18)34)15-7-5-14(30)6-8-15/h2-9,11,18-21,33H,10,12H2,1H3. The van der Waals surface area contributed by atoms with Crippen LogP contribution in [0.25, 0.3) is 0 Å². The number of hydrogen-bond donors (Lipinski definition) is 1. The van der Waals surface area contributed by atoms with Gasteiger partial charge in [-0.2, -0.15) is 0 Å². The molecule has 1 N–H and O–H groups in total. The van der Waals surface area contributed by atoms with Gasteiger partial charge in [0.2, 0.25) is 11.8 Å². The van der Waals surface area contributed by atoms with E-state index in [2.05, 4.69) is 22.6 Å². The molecule has 2 heterocycles. The minimum atomic E-state index is -1.86. The number of anilines is 1. The molecule has 37 heavy (non-hydrogen) atoms. The van der Waals surface area contributed by atoms with Crippen molar-refractivity contribution in [1.29, 1.82) is 0 Å². The lowest BCUT2D eigenvalue weighted by molar-refractivity contribution is -0.138. The van der Waals surface area contributed by atoms with Crippen LogP contribution < -0.4 is 4.90 Å². The van der Waals surface area contributed by atoms with E-state index in [1.165, 1.54) is 24.1 Å². The van der Waals surface area contributed by atoms with Crippen LogP contribution in [0.3, 0.4) is 0 Å². The number of rotatable bonds is 2. The van der Waals surface area contributed by atoms with Crippen LogP contribution >= 0.6 is 45.8 Å². The topological polar surface area (TPSA) is 95.0 Å². The molecule has 7 nitrogen and oxygen atoms in total. The maximum atomic E-state index is 13.9. The summed E-state index contributed by atoms with van der Waals surface area (Å²) in [7, 11) is 1.35. The van der Waals surface area contributed by atoms with Gasteiger partial charge in [-0.3, -0.25) is 29.0 Å². The van der Waals surface area contributed by atoms with Crippen molar-refractivity contribution >= 4 is 75.1 Å². The van der Waals surface area contributed by atoms with Crippen molar-refractivity contribution in [2.24, 2.45) is 17.8 Å². The van der Waals surface area contributed by atoms with Crippen molar-refractivity contribution in [2.75, 3.05) is 11.9 Å². The quantitative estimate of drug-likeness (QED) is 0.228. The summed E-state index contributed by atoms with van der Waals surface area (Å²) in [5.74, 6) is -4.78. The predicted molar refractivity (Wildman–Crippen MR) is 145 cm³/mol. The maximum Gasteiger partial charge on any atom is 0.253 e. The molecular weight excluding hydrogens is 630 g/mol. The van der Waals surface area contributed by atoms with Crippen LogP contribution in [-0.4, -0.2) is 50.4 Å².